The number of carbonyl (C=O) groups is 1. The molecule has 0 atom stereocenters. The molecule has 0 bridgehead atoms. The molecule has 0 aromatic carbocycles. The van der Waals surface area contributed by atoms with Crippen LogP contribution in [0.5, 0.6) is 0 Å². The summed E-state index contributed by atoms with van der Waals surface area (Å²) in [5.41, 5.74) is 0.487. The van der Waals surface area contributed by atoms with E-state index in [9.17, 15) is 4.79 Å². The zero-order valence-electron chi connectivity index (χ0n) is 19.0. The Hall–Kier alpha value is -0.830. The zero-order chi connectivity index (χ0) is 20.4. The van der Waals surface area contributed by atoms with Crippen molar-refractivity contribution in [1.29, 1.82) is 0 Å². The van der Waals surface area contributed by atoms with Gasteiger partial charge in [0.25, 0.3) is 0 Å². The van der Waals surface area contributed by atoms with Crippen LogP contribution in [0.3, 0.4) is 0 Å². The summed E-state index contributed by atoms with van der Waals surface area (Å²) in [6.45, 7) is 10.6. The molecule has 0 aliphatic carbocycles. The average Bonchev–Trinajstić information content (AvgIpc) is 2.62. The molecule has 0 aliphatic rings. The predicted molar refractivity (Wildman–Crippen MR) is 118 cm³/mol. The molecule has 160 valence electrons. The number of carbonyl (C=O) groups excluding carboxylic acids is 1. The number of unbranched alkanes of at least 4 members (excludes halogenated alkanes) is 12. The van der Waals surface area contributed by atoms with Crippen molar-refractivity contribution in [2.24, 2.45) is 0 Å². The Morgan fingerprint density at radius 1 is 0.741 bits per heavy atom. The zero-order valence-corrected chi connectivity index (χ0v) is 19.0. The Morgan fingerprint density at radius 3 is 1.59 bits per heavy atom. The van der Waals surface area contributed by atoms with Crippen LogP contribution in [0, 0.1) is 0 Å². The van der Waals surface area contributed by atoms with E-state index in [1.165, 1.54) is 90.1 Å². The highest BCUT2D eigenvalue weighted by Gasteiger charge is 2.13. The second-order valence-electron chi connectivity index (χ2n) is 8.90. The van der Waals surface area contributed by atoms with E-state index in [1.807, 2.05) is 0 Å². The normalized spacial score (nSPS) is 11.6. The summed E-state index contributed by atoms with van der Waals surface area (Å²) in [5.74, 6) is -0.260. The van der Waals surface area contributed by atoms with E-state index in [0.29, 0.717) is 12.2 Å². The van der Waals surface area contributed by atoms with Gasteiger partial charge in [-0.3, -0.25) is 0 Å². The Kier molecular flexibility index (Phi) is 16.7. The largest absolute Gasteiger partial charge is 0.462 e. The van der Waals surface area contributed by atoms with Crippen molar-refractivity contribution >= 4 is 5.97 Å². The number of hydrogen-bond acceptors (Lipinski definition) is 2. The minimum absolute atomic E-state index is 0.260. The van der Waals surface area contributed by atoms with Gasteiger partial charge in [0, 0.05) is 5.57 Å². The SMILES string of the molecule is C=C(C)C(=O)OCCCCCC[N+](C)(C)CCCCCCCCCCCC. The smallest absolute Gasteiger partial charge is 0.333 e. The van der Waals surface area contributed by atoms with E-state index in [1.54, 1.807) is 6.92 Å². The molecule has 0 aromatic rings. The Balaban J connectivity index is 3.43. The van der Waals surface area contributed by atoms with Crippen molar-refractivity contribution in [1.82, 2.24) is 0 Å². The van der Waals surface area contributed by atoms with Gasteiger partial charge in [-0.2, -0.15) is 0 Å². The summed E-state index contributed by atoms with van der Waals surface area (Å²) in [5, 5.41) is 0. The van der Waals surface area contributed by atoms with Crippen molar-refractivity contribution < 1.29 is 14.0 Å². The molecular formula is C24H48NO2+. The van der Waals surface area contributed by atoms with Crippen LogP contribution in [-0.4, -0.2) is 44.2 Å². The van der Waals surface area contributed by atoms with E-state index < -0.39 is 0 Å². The second-order valence-corrected chi connectivity index (χ2v) is 8.90. The average molecular weight is 383 g/mol. The Labute approximate surface area is 170 Å². The molecule has 0 heterocycles. The van der Waals surface area contributed by atoms with Gasteiger partial charge in [0.05, 0.1) is 33.8 Å². The van der Waals surface area contributed by atoms with Crippen molar-refractivity contribution in [2.75, 3.05) is 33.8 Å². The molecule has 0 saturated heterocycles. The predicted octanol–water partition coefficient (Wildman–Crippen LogP) is 6.66. The molecule has 0 rings (SSSR count). The third-order valence-corrected chi connectivity index (χ3v) is 5.36. The number of rotatable bonds is 19. The van der Waals surface area contributed by atoms with E-state index >= 15 is 0 Å². The van der Waals surface area contributed by atoms with Crippen molar-refractivity contribution in [3.05, 3.63) is 12.2 Å². The first-order valence-corrected chi connectivity index (χ1v) is 11.5. The minimum atomic E-state index is -0.260. The maximum Gasteiger partial charge on any atom is 0.333 e. The van der Waals surface area contributed by atoms with Crippen LogP contribution in [0.25, 0.3) is 0 Å². The quantitative estimate of drug-likeness (QED) is 0.108. The molecule has 0 amide bonds. The van der Waals surface area contributed by atoms with Crippen molar-refractivity contribution in [3.63, 3.8) is 0 Å². The molecule has 3 heteroatoms. The van der Waals surface area contributed by atoms with Crippen molar-refractivity contribution in [3.8, 4) is 0 Å². The Bertz CT molecular complexity index is 377. The summed E-state index contributed by atoms with van der Waals surface area (Å²) < 4.78 is 6.27. The number of ether oxygens (including phenoxy) is 1. The standard InChI is InChI=1S/C24H48NO2/c1-6-7-8-9-10-11-12-13-14-17-20-25(4,5)21-18-15-16-19-22-27-24(26)23(2)3/h2,6-22H2,1,3-5H3/q+1. The van der Waals surface area contributed by atoms with Gasteiger partial charge in [-0.1, -0.05) is 64.9 Å². The topological polar surface area (TPSA) is 26.3 Å². The van der Waals surface area contributed by atoms with E-state index in [4.69, 9.17) is 4.74 Å². The van der Waals surface area contributed by atoms with Gasteiger partial charge >= 0.3 is 5.97 Å². The van der Waals surface area contributed by atoms with E-state index in [-0.39, 0.29) is 5.97 Å². The lowest BCUT2D eigenvalue weighted by Gasteiger charge is -2.30. The lowest BCUT2D eigenvalue weighted by atomic mass is 10.1. The maximum atomic E-state index is 11.3. The molecule has 0 aliphatic heterocycles. The number of nitrogens with zero attached hydrogens (tertiary/aromatic N) is 1. The highest BCUT2D eigenvalue weighted by Crippen LogP contribution is 2.12. The summed E-state index contributed by atoms with van der Waals surface area (Å²) in [4.78, 5) is 11.3. The van der Waals surface area contributed by atoms with Crippen LogP contribution in [0.1, 0.15) is 104 Å². The van der Waals surface area contributed by atoms with Gasteiger partial charge in [0.1, 0.15) is 0 Å². The van der Waals surface area contributed by atoms with Crippen LogP contribution < -0.4 is 0 Å². The summed E-state index contributed by atoms with van der Waals surface area (Å²) in [6.07, 6.45) is 18.7. The monoisotopic (exact) mass is 382 g/mol. The molecule has 0 aromatic heterocycles. The molecule has 0 spiro atoms. The van der Waals surface area contributed by atoms with E-state index in [0.717, 1.165) is 17.3 Å². The molecule has 0 fully saturated rings. The first kappa shape index (κ1) is 26.2. The lowest BCUT2D eigenvalue weighted by molar-refractivity contribution is -0.890. The fraction of sp³-hybridized carbons (Fsp3) is 0.875. The maximum absolute atomic E-state index is 11.3. The van der Waals surface area contributed by atoms with E-state index in [2.05, 4.69) is 27.6 Å². The number of hydrogen-bond donors (Lipinski definition) is 0. The van der Waals surface area contributed by atoms with Crippen LogP contribution in [0.2, 0.25) is 0 Å². The molecule has 0 unspecified atom stereocenters. The molecule has 0 N–H and O–H groups in total. The summed E-state index contributed by atoms with van der Waals surface area (Å²) >= 11 is 0. The lowest BCUT2D eigenvalue weighted by Crippen LogP contribution is -2.41. The van der Waals surface area contributed by atoms with Gasteiger partial charge in [-0.25, -0.2) is 4.79 Å². The third kappa shape index (κ3) is 18.3. The van der Waals surface area contributed by atoms with Crippen LogP contribution in [-0.2, 0) is 9.53 Å². The van der Waals surface area contributed by atoms with Gasteiger partial charge in [-0.05, 0) is 45.4 Å². The first-order valence-electron chi connectivity index (χ1n) is 11.5. The first-order chi connectivity index (χ1) is 12.9. The fourth-order valence-corrected chi connectivity index (χ4v) is 3.42. The third-order valence-electron chi connectivity index (χ3n) is 5.36. The van der Waals surface area contributed by atoms with Crippen LogP contribution in [0.15, 0.2) is 12.2 Å². The van der Waals surface area contributed by atoms with Crippen LogP contribution in [0.4, 0.5) is 0 Å². The second kappa shape index (κ2) is 17.3. The van der Waals surface area contributed by atoms with Gasteiger partial charge in [0.15, 0.2) is 0 Å². The number of esters is 1. The van der Waals surface area contributed by atoms with Crippen LogP contribution >= 0.6 is 0 Å². The van der Waals surface area contributed by atoms with Gasteiger partial charge in [-0.15, -0.1) is 0 Å². The number of quaternary nitrogens is 1. The van der Waals surface area contributed by atoms with Crippen molar-refractivity contribution in [2.45, 2.75) is 104 Å². The molecule has 0 radical (unpaired) electrons. The molecular weight excluding hydrogens is 334 g/mol. The molecule has 0 saturated carbocycles. The highest BCUT2D eigenvalue weighted by molar-refractivity contribution is 5.86. The Morgan fingerprint density at radius 2 is 1.15 bits per heavy atom. The minimum Gasteiger partial charge on any atom is -0.462 e. The fourth-order valence-electron chi connectivity index (χ4n) is 3.42. The van der Waals surface area contributed by atoms with Gasteiger partial charge in [0.2, 0.25) is 0 Å². The summed E-state index contributed by atoms with van der Waals surface area (Å²) in [7, 11) is 4.73. The van der Waals surface area contributed by atoms with Gasteiger partial charge < -0.3 is 9.22 Å². The summed E-state index contributed by atoms with van der Waals surface area (Å²) in [6, 6.07) is 0. The molecule has 3 nitrogen and oxygen atoms in total. The highest BCUT2D eigenvalue weighted by atomic mass is 16.5. The molecule has 27 heavy (non-hydrogen) atoms.